The molecule has 0 saturated carbocycles. The molecule has 8 nitrogen and oxygen atoms in total. The molecular weight excluding hydrogens is 448 g/mol. The second kappa shape index (κ2) is 9.74. The molecule has 1 saturated heterocycles. The van der Waals surface area contributed by atoms with E-state index in [1.807, 2.05) is 29.6 Å². The Bertz CT molecular complexity index is 1300. The molecule has 174 valence electrons. The van der Waals surface area contributed by atoms with Crippen LogP contribution >= 0.6 is 11.3 Å². The summed E-state index contributed by atoms with van der Waals surface area (Å²) in [4.78, 5) is 28.7. The van der Waals surface area contributed by atoms with E-state index in [1.54, 1.807) is 43.0 Å². The van der Waals surface area contributed by atoms with E-state index in [-0.39, 0.29) is 11.9 Å². The molecule has 3 heterocycles. The average Bonchev–Trinajstić information content (AvgIpc) is 3.40. The number of thiazole rings is 1. The van der Waals surface area contributed by atoms with Gasteiger partial charge in [0.05, 0.1) is 18.3 Å². The van der Waals surface area contributed by atoms with Crippen molar-refractivity contribution in [3.8, 4) is 16.3 Å². The molecule has 0 spiro atoms. The van der Waals surface area contributed by atoms with Crippen LogP contribution < -0.4 is 15.4 Å². The molecule has 0 radical (unpaired) electrons. The number of likely N-dealkylation sites (tertiary alicyclic amines) is 1. The molecule has 9 heteroatoms. The maximum absolute atomic E-state index is 12.8. The fraction of sp³-hybridized carbons (Fsp3) is 0.280. The zero-order chi connectivity index (χ0) is 23.5. The lowest BCUT2D eigenvalue weighted by Gasteiger charge is -2.29. The number of benzene rings is 2. The minimum absolute atomic E-state index is 0.0885. The summed E-state index contributed by atoms with van der Waals surface area (Å²) in [5, 5.41) is 10.2. The van der Waals surface area contributed by atoms with Gasteiger partial charge < -0.3 is 20.3 Å². The minimum Gasteiger partial charge on any atom is -0.495 e. The molecule has 1 fully saturated rings. The van der Waals surface area contributed by atoms with E-state index in [1.165, 1.54) is 0 Å². The second-order valence-corrected chi connectivity index (χ2v) is 9.26. The monoisotopic (exact) mass is 474 g/mol. The Morgan fingerprint density at radius 1 is 1.18 bits per heavy atom. The molecule has 5 rings (SSSR count). The molecule has 0 atom stereocenters. The zero-order valence-electron chi connectivity index (χ0n) is 19.1. The van der Waals surface area contributed by atoms with Crippen LogP contribution in [0.4, 0.5) is 11.6 Å². The third kappa shape index (κ3) is 4.71. The molecule has 1 amide bonds. The highest BCUT2D eigenvalue weighted by Gasteiger charge is 2.20. The van der Waals surface area contributed by atoms with E-state index in [4.69, 9.17) is 9.72 Å². The summed E-state index contributed by atoms with van der Waals surface area (Å²) in [6, 6.07) is 11.5. The van der Waals surface area contributed by atoms with E-state index in [9.17, 15) is 4.79 Å². The number of para-hydroxylation sites is 1. The number of piperidine rings is 1. The normalized spacial score (nSPS) is 14.8. The van der Waals surface area contributed by atoms with Crippen LogP contribution in [0.2, 0.25) is 0 Å². The number of hydrogen-bond donors (Lipinski definition) is 2. The van der Waals surface area contributed by atoms with Gasteiger partial charge in [0, 0.05) is 40.3 Å². The topological polar surface area (TPSA) is 92.3 Å². The predicted octanol–water partition coefficient (Wildman–Crippen LogP) is 4.33. The summed E-state index contributed by atoms with van der Waals surface area (Å²) in [5.41, 5.74) is 3.03. The number of ether oxygens (including phenoxy) is 1. The van der Waals surface area contributed by atoms with Crippen molar-refractivity contribution in [2.24, 2.45) is 0 Å². The van der Waals surface area contributed by atoms with Gasteiger partial charge in [-0.2, -0.15) is 0 Å². The lowest BCUT2D eigenvalue weighted by molar-refractivity contribution is 0.0916. The highest BCUT2D eigenvalue weighted by molar-refractivity contribution is 7.13. The highest BCUT2D eigenvalue weighted by Crippen LogP contribution is 2.31. The van der Waals surface area contributed by atoms with E-state index < -0.39 is 0 Å². The van der Waals surface area contributed by atoms with E-state index in [0.717, 1.165) is 47.4 Å². The largest absolute Gasteiger partial charge is 0.495 e. The molecule has 2 aromatic carbocycles. The molecule has 34 heavy (non-hydrogen) atoms. The number of methoxy groups -OCH3 is 1. The van der Waals surface area contributed by atoms with Crippen molar-refractivity contribution in [1.82, 2.24) is 25.2 Å². The van der Waals surface area contributed by atoms with Crippen molar-refractivity contribution in [2.75, 3.05) is 32.6 Å². The third-order valence-corrected chi connectivity index (χ3v) is 6.84. The molecule has 1 aliphatic rings. The Balaban J connectivity index is 1.37. The van der Waals surface area contributed by atoms with Crippen molar-refractivity contribution >= 4 is 39.8 Å². The number of nitrogens with zero attached hydrogens (tertiary/aromatic N) is 4. The van der Waals surface area contributed by atoms with Crippen LogP contribution in [0, 0.1) is 0 Å². The molecule has 0 unspecified atom stereocenters. The van der Waals surface area contributed by atoms with Gasteiger partial charge in [0.1, 0.15) is 10.8 Å². The second-order valence-electron chi connectivity index (χ2n) is 8.37. The fourth-order valence-corrected chi connectivity index (χ4v) is 4.79. The van der Waals surface area contributed by atoms with Crippen molar-refractivity contribution in [2.45, 2.75) is 18.9 Å². The van der Waals surface area contributed by atoms with Gasteiger partial charge in [-0.3, -0.25) is 4.79 Å². The van der Waals surface area contributed by atoms with Crippen LogP contribution in [0.1, 0.15) is 23.2 Å². The van der Waals surface area contributed by atoms with Crippen LogP contribution in [0.5, 0.6) is 5.75 Å². The van der Waals surface area contributed by atoms with Crippen LogP contribution in [-0.4, -0.2) is 59.0 Å². The van der Waals surface area contributed by atoms with Crippen molar-refractivity contribution < 1.29 is 9.53 Å². The van der Waals surface area contributed by atoms with Crippen molar-refractivity contribution in [1.29, 1.82) is 0 Å². The predicted molar refractivity (Wildman–Crippen MR) is 135 cm³/mol. The number of carbonyl (C=O) groups is 1. The average molecular weight is 475 g/mol. The molecule has 0 bridgehead atoms. The number of hydrogen-bond acceptors (Lipinski definition) is 8. The molecule has 2 N–H and O–H groups in total. The van der Waals surface area contributed by atoms with E-state index in [2.05, 4.69) is 32.5 Å². The molecule has 1 aliphatic heterocycles. The lowest BCUT2D eigenvalue weighted by atomic mass is 10.0. The van der Waals surface area contributed by atoms with Gasteiger partial charge in [-0.1, -0.05) is 12.1 Å². The smallest absolute Gasteiger partial charge is 0.251 e. The number of carbonyl (C=O) groups excluding carboxylic acids is 1. The SMILES string of the molecule is COc1cc(C(=O)NC2CCN(C)CC2)ccc1Nc1ncc2cccc(-c3nccs3)c2n1. The van der Waals surface area contributed by atoms with Crippen LogP contribution in [0.25, 0.3) is 21.5 Å². The summed E-state index contributed by atoms with van der Waals surface area (Å²) < 4.78 is 5.57. The lowest BCUT2D eigenvalue weighted by Crippen LogP contribution is -2.43. The first-order valence-electron chi connectivity index (χ1n) is 11.2. The van der Waals surface area contributed by atoms with Crippen LogP contribution in [0.3, 0.4) is 0 Å². The van der Waals surface area contributed by atoms with Gasteiger partial charge in [0.25, 0.3) is 5.91 Å². The first kappa shape index (κ1) is 22.2. The number of rotatable bonds is 6. The van der Waals surface area contributed by atoms with Gasteiger partial charge in [-0.25, -0.2) is 15.0 Å². The third-order valence-electron chi connectivity index (χ3n) is 6.04. The Morgan fingerprint density at radius 2 is 2.03 bits per heavy atom. The summed E-state index contributed by atoms with van der Waals surface area (Å²) in [6.45, 7) is 1.99. The number of amides is 1. The number of anilines is 2. The first-order chi connectivity index (χ1) is 16.6. The van der Waals surface area contributed by atoms with E-state index >= 15 is 0 Å². The maximum atomic E-state index is 12.8. The quantitative estimate of drug-likeness (QED) is 0.430. The van der Waals surface area contributed by atoms with Crippen molar-refractivity contribution in [3.05, 3.63) is 59.7 Å². The summed E-state index contributed by atoms with van der Waals surface area (Å²) in [7, 11) is 3.69. The van der Waals surface area contributed by atoms with Gasteiger partial charge in [0.15, 0.2) is 0 Å². The summed E-state index contributed by atoms with van der Waals surface area (Å²) in [6.07, 6.45) is 5.49. The number of nitrogens with one attached hydrogen (secondary N) is 2. The Kier molecular flexibility index (Phi) is 6.37. The van der Waals surface area contributed by atoms with Crippen LogP contribution in [0.15, 0.2) is 54.2 Å². The van der Waals surface area contributed by atoms with Gasteiger partial charge in [0.2, 0.25) is 5.95 Å². The Hall–Kier alpha value is -3.56. The standard InChI is InChI=1S/C25H26N6O2S/c1-31-11-8-18(9-12-31)28-23(32)16-6-7-20(21(14-16)33-2)29-25-27-15-17-4-3-5-19(22(17)30-25)24-26-10-13-34-24/h3-7,10,13-15,18H,8-9,11-12H2,1-2H3,(H,28,32)(H,27,29,30). The molecule has 4 aromatic rings. The number of fused-ring (bicyclic) bond motifs is 1. The summed E-state index contributed by atoms with van der Waals surface area (Å²) >= 11 is 1.57. The summed E-state index contributed by atoms with van der Waals surface area (Å²) in [5.74, 6) is 0.903. The molecular formula is C25H26N6O2S. The van der Waals surface area contributed by atoms with Gasteiger partial charge in [-0.15, -0.1) is 11.3 Å². The Morgan fingerprint density at radius 3 is 2.79 bits per heavy atom. The van der Waals surface area contributed by atoms with Crippen molar-refractivity contribution in [3.63, 3.8) is 0 Å². The zero-order valence-corrected chi connectivity index (χ0v) is 19.9. The highest BCUT2D eigenvalue weighted by atomic mass is 32.1. The van der Waals surface area contributed by atoms with Crippen LogP contribution in [-0.2, 0) is 0 Å². The molecule has 0 aliphatic carbocycles. The van der Waals surface area contributed by atoms with Gasteiger partial charge in [-0.05, 0) is 57.2 Å². The maximum Gasteiger partial charge on any atom is 0.251 e. The first-order valence-corrected chi connectivity index (χ1v) is 12.1. The van der Waals surface area contributed by atoms with E-state index in [0.29, 0.717) is 22.9 Å². The minimum atomic E-state index is -0.0885. The fourth-order valence-electron chi connectivity index (χ4n) is 4.12. The van der Waals surface area contributed by atoms with Gasteiger partial charge >= 0.3 is 0 Å². The number of aromatic nitrogens is 3. The Labute approximate surface area is 202 Å². The molecule has 2 aromatic heterocycles.